The predicted molar refractivity (Wildman–Crippen MR) is 584 cm³/mol. The van der Waals surface area contributed by atoms with Crippen LogP contribution in [0.5, 0.6) is 57.5 Å². The third-order valence-electron chi connectivity index (χ3n) is 30.3. The Balaban J connectivity index is 0.796. The number of fused-ring (bicyclic) bond motifs is 22. The van der Waals surface area contributed by atoms with Crippen LogP contribution in [0.15, 0.2) is 158 Å². The summed E-state index contributed by atoms with van der Waals surface area (Å²) in [5, 5.41) is 83.5. The molecule has 764 valence electrons. The molecule has 18 heteroatoms. The number of anilines is 2. The number of benzene rings is 11. The first kappa shape index (κ1) is 106. The maximum Gasteiger partial charge on any atom is 0.257 e. The van der Waals surface area contributed by atoms with Crippen LogP contribution in [0.2, 0.25) is 0 Å². The number of ether oxygens (including phenoxy) is 3. The zero-order valence-electron chi connectivity index (χ0n) is 91.1. The van der Waals surface area contributed by atoms with E-state index in [0.29, 0.717) is 95.3 Å². The van der Waals surface area contributed by atoms with Gasteiger partial charge in [0.05, 0.1) is 0 Å². The molecule has 2 aliphatic carbocycles. The average molecular weight is 1950 g/mol. The lowest BCUT2D eigenvalue weighted by atomic mass is 9.74. The van der Waals surface area contributed by atoms with Gasteiger partial charge >= 0.3 is 0 Å². The highest BCUT2D eigenvalue weighted by atomic mass is 16.5. The molecule has 15 rings (SSSR count). The van der Waals surface area contributed by atoms with Gasteiger partial charge in [0.1, 0.15) is 63.0 Å². The largest absolute Gasteiger partial charge is 0.507 e. The first-order chi connectivity index (χ1) is 67.4. The van der Waals surface area contributed by atoms with Crippen molar-refractivity contribution in [3.8, 4) is 57.5 Å². The molecule has 0 atom stereocenters. The molecule has 0 aromatic heterocycles. The van der Waals surface area contributed by atoms with E-state index in [9.17, 15) is 30.6 Å². The minimum Gasteiger partial charge on any atom is -0.507 e. The summed E-state index contributed by atoms with van der Waals surface area (Å²) in [6, 6.07) is 53.9. The molecule has 0 unspecified atom stereocenters. The minimum atomic E-state index is -1.18. The van der Waals surface area contributed by atoms with Crippen LogP contribution in [0.25, 0.3) is 0 Å². The molecule has 1 spiro atoms. The van der Waals surface area contributed by atoms with Crippen molar-refractivity contribution in [3.63, 3.8) is 0 Å². The Kier molecular flexibility index (Phi) is 29.6. The van der Waals surface area contributed by atoms with Gasteiger partial charge in [-0.1, -0.05) is 294 Å². The van der Waals surface area contributed by atoms with Crippen LogP contribution in [-0.4, -0.2) is 137 Å². The van der Waals surface area contributed by atoms with Crippen molar-refractivity contribution in [2.45, 2.75) is 294 Å². The Labute approximate surface area is 857 Å². The summed E-state index contributed by atoms with van der Waals surface area (Å²) < 4.78 is 21.4. The van der Waals surface area contributed by atoms with E-state index in [1.165, 1.54) is 0 Å². The van der Waals surface area contributed by atoms with Crippen molar-refractivity contribution in [2.75, 3.05) is 88.5 Å². The van der Waals surface area contributed by atoms with Crippen molar-refractivity contribution in [2.24, 2.45) is 0 Å². The third kappa shape index (κ3) is 22.1. The lowest BCUT2D eigenvalue weighted by Crippen LogP contribution is -2.51. The molecule has 11 aromatic rings. The summed E-state index contributed by atoms with van der Waals surface area (Å²) >= 11 is 0. The second-order valence-corrected chi connectivity index (χ2v) is 49.2. The fourth-order valence-corrected chi connectivity index (χ4v) is 21.3. The summed E-state index contributed by atoms with van der Waals surface area (Å²) in [6.07, 6.45) is 1.67. The third-order valence-corrected chi connectivity index (χ3v) is 30.3. The Morgan fingerprint density at radius 2 is 0.562 bits per heavy atom. The van der Waals surface area contributed by atoms with E-state index in [2.05, 4.69) is 359 Å². The molecule has 8 N–H and O–H groups in total. The van der Waals surface area contributed by atoms with Crippen LogP contribution in [0.1, 0.15) is 354 Å². The Morgan fingerprint density at radius 1 is 0.326 bits per heavy atom. The number of carbonyl (C=O) groups excluding carboxylic acids is 3. The molecular formula is C126H158N6O12. The zero-order chi connectivity index (χ0) is 105. The van der Waals surface area contributed by atoms with Crippen molar-refractivity contribution in [3.05, 3.63) is 314 Å². The molecule has 144 heavy (non-hydrogen) atoms. The van der Waals surface area contributed by atoms with Crippen LogP contribution >= 0.6 is 0 Å². The number of aromatic hydroxyl groups is 6. The number of rotatable bonds is 21. The normalized spacial score (nSPS) is 14.3. The highest BCUT2D eigenvalue weighted by Crippen LogP contribution is 2.59. The van der Waals surface area contributed by atoms with E-state index in [0.717, 1.165) is 121 Å². The second kappa shape index (κ2) is 40.2. The van der Waals surface area contributed by atoms with Gasteiger partial charge in [0, 0.05) is 157 Å². The molecule has 18 nitrogen and oxygen atoms in total. The molecule has 0 saturated carbocycles. The van der Waals surface area contributed by atoms with E-state index in [-0.39, 0.29) is 164 Å². The molecule has 16 bridgehead atoms. The lowest BCUT2D eigenvalue weighted by Gasteiger charge is -2.45. The molecule has 11 aromatic carbocycles. The molecule has 2 heterocycles. The summed E-state index contributed by atoms with van der Waals surface area (Å²) in [7, 11) is 0. The van der Waals surface area contributed by atoms with E-state index >= 15 is 14.4 Å². The van der Waals surface area contributed by atoms with Gasteiger partial charge in [-0.05, 0) is 228 Å². The van der Waals surface area contributed by atoms with E-state index in [4.69, 9.17) is 14.2 Å². The molecular weight excluding hydrogens is 1790 g/mol. The van der Waals surface area contributed by atoms with Crippen LogP contribution in [0.4, 0.5) is 11.4 Å². The van der Waals surface area contributed by atoms with Gasteiger partial charge in [-0.3, -0.25) is 19.3 Å². The highest BCUT2D eigenvalue weighted by molar-refractivity contribution is 6.02. The van der Waals surface area contributed by atoms with Crippen LogP contribution in [0.3, 0.4) is 0 Å². The van der Waals surface area contributed by atoms with Gasteiger partial charge in [0.2, 0.25) is 0 Å². The van der Waals surface area contributed by atoms with Crippen LogP contribution < -0.4 is 34.6 Å². The van der Waals surface area contributed by atoms with Crippen LogP contribution in [0, 0.1) is 0 Å². The van der Waals surface area contributed by atoms with Crippen molar-refractivity contribution >= 4 is 29.1 Å². The number of hydrogen-bond acceptors (Lipinski definition) is 15. The SMILES string of the molecule is CCN(CC)c1ccc2c(c1)Oc1cc(N(CC)CC)ccc1C21c2ccccc2C(=O)N1CCN(CCNC(=O)COc1c2cc(C(C)(C)C)cc1Cc1cc(C(C)(C)C)cc(c1O)Cc1cc(C(C)(C)C)cc(c1O)Cc1cc(C(C)(C)C)cc(c1O)C2)CCNC(=O)COc1c2cc(C(C)(C)C)cc1Cc1cc(C(C)(C)C)cc(c1O)Cc1cc(C(C)(C)C)cc(c1O)Cc1cc(C(C)(C)C)cc(c1O)C2. The summed E-state index contributed by atoms with van der Waals surface area (Å²) in [6.45, 7) is 63.8. The van der Waals surface area contributed by atoms with Crippen LogP contribution in [-0.2, 0) is 110 Å². The standard InChI is InChI=1S/C126H158N6O12/c1-29-130(30-2)99-37-39-103-105(71-99)144-106-72-100(131(31-3)32-4)38-40-104(106)126(103)102-36-34-33-35-101(102)117(141)132(126)46-45-129(43-41-127-107(133)73-142-115-87-51-83-63-93(120(11,12)13)59-79(111(83)137)47-75-55-91(118(5,6)7)56-76(109(75)135)48-80-60-94(121(14,15)16)64-84(112(80)138)52-88(115)68-97(67-87)124(23,24)25)44-42-128-108(134)74-143-116-89-53-85-65-95(122(17,18)19)61-81(113(85)139)49-77-57-92(119(8,9)10)58-78(110(77)136)50-82-62-96(123(20,21)22)66-86(114(82)140)54-90(116)70-98(69-89)125(26,27)28/h33-40,55-72,135-140H,29-32,41-54,73-74H2,1-28H3,(H,127,133)(H,128,134). The predicted octanol–water partition coefficient (Wildman–Crippen LogP) is 24.9. The van der Waals surface area contributed by atoms with E-state index in [1.54, 1.807) is 0 Å². The van der Waals surface area contributed by atoms with Gasteiger partial charge in [-0.2, -0.15) is 0 Å². The number of hydrogen-bond donors (Lipinski definition) is 8. The van der Waals surface area contributed by atoms with E-state index in [1.807, 2.05) is 23.1 Å². The number of phenols is 6. The maximum atomic E-state index is 16.1. The Hall–Kier alpha value is -12.4. The highest BCUT2D eigenvalue weighted by Gasteiger charge is 2.57. The number of phenolic OH excluding ortho intramolecular Hbond substituents is 6. The summed E-state index contributed by atoms with van der Waals surface area (Å²) in [5.41, 5.74) is 19.8. The summed E-state index contributed by atoms with van der Waals surface area (Å²) in [5.74, 6) is 1.87. The number of amides is 3. The molecule has 0 radical (unpaired) electrons. The van der Waals surface area contributed by atoms with Crippen molar-refractivity contribution in [1.29, 1.82) is 0 Å². The number of nitrogens with one attached hydrogen (secondary N) is 2. The molecule has 0 fully saturated rings. The van der Waals surface area contributed by atoms with Gasteiger partial charge < -0.3 is 70.2 Å². The van der Waals surface area contributed by atoms with Gasteiger partial charge in [-0.15, -0.1) is 0 Å². The van der Waals surface area contributed by atoms with Gasteiger partial charge in [0.15, 0.2) is 13.2 Å². The fourth-order valence-electron chi connectivity index (χ4n) is 21.3. The van der Waals surface area contributed by atoms with Gasteiger partial charge in [0.25, 0.3) is 17.7 Å². The minimum absolute atomic E-state index is 0.103. The fraction of sp³-hybridized carbons (Fsp3) is 0.452. The monoisotopic (exact) mass is 1950 g/mol. The van der Waals surface area contributed by atoms with Crippen molar-refractivity contribution in [1.82, 2.24) is 20.4 Å². The summed E-state index contributed by atoms with van der Waals surface area (Å²) in [4.78, 5) is 55.5. The average Bonchev–Trinajstić information content (AvgIpc) is 1.51. The molecule has 4 aliphatic rings. The lowest BCUT2D eigenvalue weighted by molar-refractivity contribution is -0.123. The second-order valence-electron chi connectivity index (χ2n) is 49.2. The maximum absolute atomic E-state index is 16.1. The quantitative estimate of drug-likeness (QED) is 0.0334. The molecule has 3 amide bonds. The number of nitrogens with zero attached hydrogens (tertiary/aromatic N) is 4. The zero-order valence-corrected chi connectivity index (χ0v) is 91.1. The Bertz CT molecular complexity index is 6150. The van der Waals surface area contributed by atoms with Crippen molar-refractivity contribution < 1.29 is 59.2 Å². The number of carbonyl (C=O) groups is 3. The Morgan fingerprint density at radius 3 is 0.806 bits per heavy atom. The smallest absolute Gasteiger partial charge is 0.257 e. The first-order valence-corrected chi connectivity index (χ1v) is 52.2. The topological polar surface area (TPSA) is 237 Å². The molecule has 0 saturated heterocycles. The first-order valence-electron chi connectivity index (χ1n) is 52.2. The van der Waals surface area contributed by atoms with E-state index < -0.39 is 41.4 Å². The molecule has 2 aliphatic heterocycles. The van der Waals surface area contributed by atoms with Gasteiger partial charge in [-0.25, -0.2) is 0 Å².